The topological polar surface area (TPSA) is 47.3 Å². The van der Waals surface area contributed by atoms with Crippen LogP contribution >= 0.6 is 0 Å². The molecule has 0 aromatic carbocycles. The summed E-state index contributed by atoms with van der Waals surface area (Å²) in [4.78, 5) is 16.4. The first kappa shape index (κ1) is 11.0. The molecule has 1 atom stereocenters. The number of piperidine rings is 1. The van der Waals surface area contributed by atoms with Gasteiger partial charge in [-0.2, -0.15) is 5.26 Å². The minimum absolute atomic E-state index is 0.0658. The van der Waals surface area contributed by atoms with E-state index in [1.165, 1.54) is 12.8 Å². The molecule has 3 fully saturated rings. The molecular weight excluding hydrogens is 214 g/mol. The van der Waals surface area contributed by atoms with Crippen LogP contribution in [0.1, 0.15) is 32.1 Å². The van der Waals surface area contributed by atoms with Crippen LogP contribution in [0.15, 0.2) is 0 Å². The third-order valence-electron chi connectivity index (χ3n) is 4.34. The number of hydrogen-bond donors (Lipinski definition) is 0. The van der Waals surface area contributed by atoms with Crippen LogP contribution in [-0.4, -0.2) is 47.4 Å². The Balaban J connectivity index is 1.55. The zero-order valence-corrected chi connectivity index (χ0v) is 10.1. The van der Waals surface area contributed by atoms with Crippen molar-refractivity contribution in [2.45, 2.75) is 44.2 Å². The lowest BCUT2D eigenvalue weighted by Gasteiger charge is -2.36. The first-order valence-corrected chi connectivity index (χ1v) is 6.71. The molecule has 1 aliphatic carbocycles. The Hall–Kier alpha value is -1.08. The molecule has 4 nitrogen and oxygen atoms in total. The number of likely N-dealkylation sites (tertiary alicyclic amines) is 2. The van der Waals surface area contributed by atoms with Crippen LogP contribution in [-0.2, 0) is 4.79 Å². The normalized spacial score (nSPS) is 31.8. The molecule has 1 unspecified atom stereocenters. The van der Waals surface area contributed by atoms with Crippen molar-refractivity contribution in [3.63, 3.8) is 0 Å². The Labute approximate surface area is 102 Å². The average molecular weight is 233 g/mol. The van der Waals surface area contributed by atoms with E-state index in [0.29, 0.717) is 19.0 Å². The van der Waals surface area contributed by atoms with Crippen molar-refractivity contribution >= 4 is 5.91 Å². The molecule has 92 valence electrons. The van der Waals surface area contributed by atoms with Crippen molar-refractivity contribution in [3.8, 4) is 6.07 Å². The van der Waals surface area contributed by atoms with Gasteiger partial charge in [-0.15, -0.1) is 0 Å². The van der Waals surface area contributed by atoms with Gasteiger partial charge in [0.25, 0.3) is 0 Å². The van der Waals surface area contributed by atoms with Gasteiger partial charge in [0, 0.05) is 38.1 Å². The van der Waals surface area contributed by atoms with Crippen LogP contribution in [0.4, 0.5) is 0 Å². The van der Waals surface area contributed by atoms with Gasteiger partial charge in [0.1, 0.15) is 0 Å². The second-order valence-electron chi connectivity index (χ2n) is 5.57. The number of nitrogens with zero attached hydrogens (tertiary/aromatic N) is 3. The minimum Gasteiger partial charge on any atom is -0.338 e. The highest BCUT2D eigenvalue weighted by molar-refractivity contribution is 5.79. The van der Waals surface area contributed by atoms with Crippen molar-refractivity contribution in [3.05, 3.63) is 0 Å². The summed E-state index contributed by atoms with van der Waals surface area (Å²) in [7, 11) is 0. The molecular formula is C13H19N3O. The molecule has 0 aromatic rings. The van der Waals surface area contributed by atoms with E-state index >= 15 is 0 Å². The fraction of sp³-hybridized carbons (Fsp3) is 0.846. The van der Waals surface area contributed by atoms with Gasteiger partial charge in [0.05, 0.1) is 12.0 Å². The molecule has 4 heteroatoms. The lowest BCUT2D eigenvalue weighted by molar-refractivity contribution is -0.130. The van der Waals surface area contributed by atoms with Crippen LogP contribution in [0, 0.1) is 17.2 Å². The van der Waals surface area contributed by atoms with Crippen molar-refractivity contribution in [2.24, 2.45) is 5.92 Å². The predicted molar refractivity (Wildman–Crippen MR) is 63.1 cm³/mol. The van der Waals surface area contributed by atoms with Gasteiger partial charge in [-0.3, -0.25) is 4.79 Å². The van der Waals surface area contributed by atoms with E-state index in [1.807, 2.05) is 4.90 Å². The lowest BCUT2D eigenvalue weighted by atomic mass is 10.0. The number of nitriles is 1. The van der Waals surface area contributed by atoms with Crippen LogP contribution in [0.25, 0.3) is 0 Å². The predicted octanol–water partition coefficient (Wildman–Crippen LogP) is 0.985. The third-order valence-corrected chi connectivity index (χ3v) is 4.34. The highest BCUT2D eigenvalue weighted by Crippen LogP contribution is 2.31. The Morgan fingerprint density at radius 2 is 1.82 bits per heavy atom. The molecule has 1 saturated carbocycles. The Morgan fingerprint density at radius 1 is 1.12 bits per heavy atom. The van der Waals surface area contributed by atoms with Gasteiger partial charge in [-0.25, -0.2) is 0 Å². The Morgan fingerprint density at radius 3 is 2.35 bits per heavy atom. The first-order chi connectivity index (χ1) is 8.28. The van der Waals surface area contributed by atoms with Gasteiger partial charge >= 0.3 is 0 Å². The molecule has 2 saturated heterocycles. The van der Waals surface area contributed by atoms with Crippen LogP contribution in [0.5, 0.6) is 0 Å². The molecule has 2 aliphatic heterocycles. The molecule has 17 heavy (non-hydrogen) atoms. The smallest absolute Gasteiger partial charge is 0.224 e. The molecule has 0 spiro atoms. The summed E-state index contributed by atoms with van der Waals surface area (Å²) in [5.41, 5.74) is 0. The van der Waals surface area contributed by atoms with E-state index in [9.17, 15) is 4.79 Å². The SMILES string of the molecule is N#CC1CC(=O)N(C2CCN(C3CC3)CC2)C1. The van der Waals surface area contributed by atoms with E-state index in [4.69, 9.17) is 5.26 Å². The van der Waals surface area contributed by atoms with E-state index < -0.39 is 0 Å². The first-order valence-electron chi connectivity index (χ1n) is 6.71. The molecule has 0 radical (unpaired) electrons. The van der Waals surface area contributed by atoms with Crippen LogP contribution < -0.4 is 0 Å². The largest absolute Gasteiger partial charge is 0.338 e. The average Bonchev–Trinajstić information content (AvgIpc) is 3.13. The highest BCUT2D eigenvalue weighted by Gasteiger charge is 2.38. The fourth-order valence-corrected chi connectivity index (χ4v) is 3.17. The van der Waals surface area contributed by atoms with E-state index in [-0.39, 0.29) is 11.8 Å². The Bertz CT molecular complexity index is 350. The van der Waals surface area contributed by atoms with Crippen LogP contribution in [0.3, 0.4) is 0 Å². The van der Waals surface area contributed by atoms with Gasteiger partial charge in [-0.05, 0) is 25.7 Å². The molecule has 1 amide bonds. The number of carbonyl (C=O) groups excluding carboxylic acids is 1. The molecule has 3 aliphatic rings. The standard InChI is InChI=1S/C13H19N3O/c14-8-10-7-13(17)16(9-10)12-3-5-15(6-4-12)11-1-2-11/h10-12H,1-7,9H2. The van der Waals surface area contributed by atoms with Crippen molar-refractivity contribution < 1.29 is 4.79 Å². The van der Waals surface area contributed by atoms with Crippen molar-refractivity contribution in [1.82, 2.24) is 9.80 Å². The molecule has 2 heterocycles. The maximum Gasteiger partial charge on any atom is 0.224 e. The second kappa shape index (κ2) is 4.30. The van der Waals surface area contributed by atoms with Crippen molar-refractivity contribution in [1.29, 1.82) is 5.26 Å². The van der Waals surface area contributed by atoms with Gasteiger partial charge in [0.2, 0.25) is 5.91 Å². The summed E-state index contributed by atoms with van der Waals surface area (Å²) in [5.74, 6) is 0.130. The third kappa shape index (κ3) is 2.16. The summed E-state index contributed by atoms with van der Waals surface area (Å²) in [5, 5.41) is 8.89. The Kier molecular flexibility index (Phi) is 2.79. The number of amides is 1. The van der Waals surface area contributed by atoms with E-state index in [0.717, 1.165) is 32.0 Å². The second-order valence-corrected chi connectivity index (χ2v) is 5.57. The highest BCUT2D eigenvalue weighted by atomic mass is 16.2. The maximum atomic E-state index is 11.8. The van der Waals surface area contributed by atoms with Gasteiger partial charge < -0.3 is 9.80 Å². The molecule has 0 bridgehead atoms. The zero-order chi connectivity index (χ0) is 11.8. The lowest BCUT2D eigenvalue weighted by Crippen LogP contribution is -2.46. The zero-order valence-electron chi connectivity index (χ0n) is 10.1. The van der Waals surface area contributed by atoms with Gasteiger partial charge in [-0.1, -0.05) is 0 Å². The summed E-state index contributed by atoms with van der Waals surface area (Å²) in [6, 6.07) is 3.47. The minimum atomic E-state index is -0.0658. The summed E-state index contributed by atoms with van der Waals surface area (Å²) < 4.78 is 0. The fourth-order valence-electron chi connectivity index (χ4n) is 3.17. The molecule has 0 N–H and O–H groups in total. The van der Waals surface area contributed by atoms with Crippen molar-refractivity contribution in [2.75, 3.05) is 19.6 Å². The maximum absolute atomic E-state index is 11.8. The summed E-state index contributed by atoms with van der Waals surface area (Å²) in [6.45, 7) is 2.94. The van der Waals surface area contributed by atoms with Gasteiger partial charge in [0.15, 0.2) is 0 Å². The van der Waals surface area contributed by atoms with E-state index in [1.54, 1.807) is 0 Å². The quantitative estimate of drug-likeness (QED) is 0.714. The number of carbonyl (C=O) groups is 1. The summed E-state index contributed by atoms with van der Waals surface area (Å²) >= 11 is 0. The van der Waals surface area contributed by atoms with E-state index in [2.05, 4.69) is 11.0 Å². The van der Waals surface area contributed by atoms with Crippen LogP contribution in [0.2, 0.25) is 0 Å². The monoisotopic (exact) mass is 233 g/mol. The summed E-state index contributed by atoms with van der Waals surface area (Å²) in [6.07, 6.45) is 5.37. The number of rotatable bonds is 2. The molecule has 0 aromatic heterocycles. The molecule has 3 rings (SSSR count). The number of hydrogen-bond acceptors (Lipinski definition) is 3.